The van der Waals surface area contributed by atoms with E-state index in [2.05, 4.69) is 10.3 Å². The molecule has 0 unspecified atom stereocenters. The number of nitrogens with zero attached hydrogens (tertiary/aromatic N) is 2. The topological polar surface area (TPSA) is 84.2 Å². The Morgan fingerprint density at radius 3 is 2.85 bits per heavy atom. The van der Waals surface area contributed by atoms with Crippen molar-refractivity contribution in [3.63, 3.8) is 0 Å². The van der Waals surface area contributed by atoms with E-state index in [1.54, 1.807) is 23.3 Å². The fourth-order valence-corrected chi connectivity index (χ4v) is 1.84. The number of hydrogen-bond donors (Lipinski definition) is 2. The molecule has 6 nitrogen and oxygen atoms in total. The van der Waals surface area contributed by atoms with Gasteiger partial charge in [-0.05, 0) is 18.2 Å². The maximum absolute atomic E-state index is 11.8. The average molecular weight is 294 g/mol. The number of imidazole rings is 1. The van der Waals surface area contributed by atoms with Crippen LogP contribution in [0, 0.1) is 0 Å². The second kappa shape index (κ2) is 6.21. The van der Waals surface area contributed by atoms with Gasteiger partial charge in [0.2, 0.25) is 5.91 Å². The molecule has 0 atom stereocenters. The molecule has 0 aliphatic carbocycles. The van der Waals surface area contributed by atoms with Gasteiger partial charge in [0.1, 0.15) is 0 Å². The lowest BCUT2D eigenvalue weighted by atomic mass is 10.1. The van der Waals surface area contributed by atoms with Crippen LogP contribution in [0.2, 0.25) is 5.02 Å². The van der Waals surface area contributed by atoms with Crippen LogP contribution in [-0.2, 0) is 11.3 Å². The number of aryl methyl sites for hydroxylation is 1. The minimum absolute atomic E-state index is 0.0338. The number of benzene rings is 1. The van der Waals surface area contributed by atoms with Crippen molar-refractivity contribution in [3.05, 3.63) is 47.5 Å². The molecule has 0 saturated carbocycles. The van der Waals surface area contributed by atoms with Crippen LogP contribution in [0.25, 0.3) is 0 Å². The summed E-state index contributed by atoms with van der Waals surface area (Å²) in [5.41, 5.74) is 0.200. The summed E-state index contributed by atoms with van der Waals surface area (Å²) in [5.74, 6) is -1.42. The Labute approximate surface area is 120 Å². The molecule has 7 heteroatoms. The van der Waals surface area contributed by atoms with E-state index in [1.807, 2.05) is 0 Å². The Bertz CT molecular complexity index is 626. The van der Waals surface area contributed by atoms with Crippen molar-refractivity contribution in [2.75, 3.05) is 5.32 Å². The number of nitrogens with one attached hydrogen (secondary N) is 1. The number of carboxylic acid groups (broad SMARTS) is 1. The van der Waals surface area contributed by atoms with Crippen molar-refractivity contribution in [2.45, 2.75) is 13.0 Å². The summed E-state index contributed by atoms with van der Waals surface area (Å²) in [6, 6.07) is 4.30. The van der Waals surface area contributed by atoms with Crippen molar-refractivity contribution >= 4 is 29.2 Å². The van der Waals surface area contributed by atoms with Crippen LogP contribution in [0.5, 0.6) is 0 Å². The van der Waals surface area contributed by atoms with Crippen molar-refractivity contribution in [2.24, 2.45) is 0 Å². The quantitative estimate of drug-likeness (QED) is 0.885. The highest BCUT2D eigenvalue weighted by atomic mass is 35.5. The monoisotopic (exact) mass is 293 g/mol. The Kier molecular flexibility index (Phi) is 4.37. The standard InChI is InChI=1S/C13H12ClN3O3/c14-9-1-2-11(10(7-9)13(19)20)16-12(18)3-5-17-6-4-15-8-17/h1-2,4,6-8H,3,5H2,(H,16,18)(H,19,20). The summed E-state index contributed by atoms with van der Waals surface area (Å²) in [5, 5.41) is 11.9. The van der Waals surface area contributed by atoms with Gasteiger partial charge in [0.05, 0.1) is 17.6 Å². The Morgan fingerprint density at radius 1 is 1.40 bits per heavy atom. The molecule has 0 fully saturated rings. The van der Waals surface area contributed by atoms with Crippen molar-refractivity contribution in [1.29, 1.82) is 0 Å². The molecule has 0 bridgehead atoms. The molecule has 0 saturated heterocycles. The maximum atomic E-state index is 11.8. The van der Waals surface area contributed by atoms with Crippen LogP contribution < -0.4 is 5.32 Å². The molecular weight excluding hydrogens is 282 g/mol. The van der Waals surface area contributed by atoms with E-state index >= 15 is 0 Å². The Balaban J connectivity index is 2.02. The SMILES string of the molecule is O=C(CCn1ccnc1)Nc1ccc(Cl)cc1C(=O)O. The molecular formula is C13H12ClN3O3. The highest BCUT2D eigenvalue weighted by Crippen LogP contribution is 2.20. The average Bonchev–Trinajstić information content (AvgIpc) is 2.91. The van der Waals surface area contributed by atoms with Crippen molar-refractivity contribution in [1.82, 2.24) is 9.55 Å². The summed E-state index contributed by atoms with van der Waals surface area (Å²) in [6.07, 6.45) is 5.20. The van der Waals surface area contributed by atoms with Gasteiger partial charge in [-0.25, -0.2) is 9.78 Å². The lowest BCUT2D eigenvalue weighted by Crippen LogP contribution is -2.16. The van der Waals surface area contributed by atoms with E-state index in [4.69, 9.17) is 16.7 Å². The third-order valence-electron chi connectivity index (χ3n) is 2.64. The van der Waals surface area contributed by atoms with E-state index in [1.165, 1.54) is 18.2 Å². The molecule has 1 heterocycles. The van der Waals surface area contributed by atoms with Crippen LogP contribution in [0.3, 0.4) is 0 Å². The molecule has 1 aromatic heterocycles. The number of halogens is 1. The van der Waals surface area contributed by atoms with Crippen molar-refractivity contribution in [3.8, 4) is 0 Å². The number of rotatable bonds is 5. The number of aromatic nitrogens is 2. The van der Waals surface area contributed by atoms with E-state index in [9.17, 15) is 9.59 Å². The first-order valence-electron chi connectivity index (χ1n) is 5.84. The zero-order valence-electron chi connectivity index (χ0n) is 10.4. The zero-order valence-corrected chi connectivity index (χ0v) is 11.2. The minimum atomic E-state index is -1.14. The van der Waals surface area contributed by atoms with Gasteiger partial charge in [-0.15, -0.1) is 0 Å². The summed E-state index contributed by atoms with van der Waals surface area (Å²) >= 11 is 5.74. The Hall–Kier alpha value is -2.34. The molecule has 2 N–H and O–H groups in total. The summed E-state index contributed by atoms with van der Waals surface area (Å²) in [6.45, 7) is 0.474. The minimum Gasteiger partial charge on any atom is -0.478 e. The van der Waals surface area contributed by atoms with Gasteiger partial charge >= 0.3 is 5.97 Å². The predicted octanol–water partition coefficient (Wildman–Crippen LogP) is 2.26. The fourth-order valence-electron chi connectivity index (χ4n) is 1.66. The largest absolute Gasteiger partial charge is 0.478 e. The first-order valence-corrected chi connectivity index (χ1v) is 6.22. The molecule has 1 amide bonds. The lowest BCUT2D eigenvalue weighted by Gasteiger charge is -2.09. The van der Waals surface area contributed by atoms with Crippen LogP contribution in [0.4, 0.5) is 5.69 Å². The van der Waals surface area contributed by atoms with Gasteiger partial charge in [0, 0.05) is 30.4 Å². The van der Waals surface area contributed by atoms with Gasteiger partial charge in [-0.2, -0.15) is 0 Å². The number of carboxylic acids is 1. The van der Waals surface area contributed by atoms with E-state index in [0.29, 0.717) is 11.6 Å². The van der Waals surface area contributed by atoms with E-state index in [0.717, 1.165) is 0 Å². The fraction of sp³-hybridized carbons (Fsp3) is 0.154. The summed E-state index contributed by atoms with van der Waals surface area (Å²) in [7, 11) is 0. The molecule has 104 valence electrons. The highest BCUT2D eigenvalue weighted by molar-refractivity contribution is 6.31. The van der Waals surface area contributed by atoms with Crippen LogP contribution in [-0.4, -0.2) is 26.5 Å². The zero-order chi connectivity index (χ0) is 14.5. The predicted molar refractivity (Wildman–Crippen MR) is 73.9 cm³/mol. The molecule has 2 rings (SSSR count). The van der Waals surface area contributed by atoms with Gasteiger partial charge in [-0.1, -0.05) is 11.6 Å². The molecule has 0 aliphatic rings. The Morgan fingerprint density at radius 2 is 2.20 bits per heavy atom. The van der Waals surface area contributed by atoms with Crippen LogP contribution in [0.1, 0.15) is 16.8 Å². The maximum Gasteiger partial charge on any atom is 0.337 e. The molecule has 0 radical (unpaired) electrons. The number of aromatic carboxylic acids is 1. The summed E-state index contributed by atoms with van der Waals surface area (Å²) < 4.78 is 1.76. The number of amides is 1. The van der Waals surface area contributed by atoms with Crippen LogP contribution >= 0.6 is 11.6 Å². The second-order valence-electron chi connectivity index (χ2n) is 4.09. The molecule has 2 aromatic rings. The first-order chi connectivity index (χ1) is 9.56. The molecule has 20 heavy (non-hydrogen) atoms. The third kappa shape index (κ3) is 3.58. The highest BCUT2D eigenvalue weighted by Gasteiger charge is 2.13. The van der Waals surface area contributed by atoms with Crippen molar-refractivity contribution < 1.29 is 14.7 Å². The van der Waals surface area contributed by atoms with Gasteiger partial charge in [-0.3, -0.25) is 4.79 Å². The number of hydrogen-bond acceptors (Lipinski definition) is 3. The first kappa shape index (κ1) is 14.1. The van der Waals surface area contributed by atoms with E-state index < -0.39 is 5.97 Å². The van der Waals surface area contributed by atoms with Gasteiger partial charge in [0.25, 0.3) is 0 Å². The lowest BCUT2D eigenvalue weighted by molar-refractivity contribution is -0.116. The number of anilines is 1. The van der Waals surface area contributed by atoms with Gasteiger partial charge in [0.15, 0.2) is 0 Å². The number of carbonyl (C=O) groups excluding carboxylic acids is 1. The van der Waals surface area contributed by atoms with Gasteiger partial charge < -0.3 is 15.0 Å². The number of carbonyl (C=O) groups is 2. The molecule has 0 spiro atoms. The third-order valence-corrected chi connectivity index (χ3v) is 2.88. The van der Waals surface area contributed by atoms with E-state index in [-0.39, 0.29) is 23.6 Å². The molecule has 1 aromatic carbocycles. The smallest absolute Gasteiger partial charge is 0.337 e. The normalized spacial score (nSPS) is 10.2. The van der Waals surface area contributed by atoms with Crippen LogP contribution in [0.15, 0.2) is 36.9 Å². The summed E-state index contributed by atoms with van der Waals surface area (Å²) in [4.78, 5) is 26.7. The second-order valence-corrected chi connectivity index (χ2v) is 4.53. The molecule has 0 aliphatic heterocycles.